The molecule has 0 aliphatic carbocycles. The molecule has 30 heavy (non-hydrogen) atoms. The van der Waals surface area contributed by atoms with Gasteiger partial charge in [0.1, 0.15) is 4.83 Å². The van der Waals surface area contributed by atoms with Crippen molar-refractivity contribution in [2.45, 2.75) is 31.2 Å². The average Bonchev–Trinajstić information content (AvgIpc) is 3.13. The topological polar surface area (TPSA) is 101 Å². The van der Waals surface area contributed by atoms with Crippen molar-refractivity contribution in [1.82, 2.24) is 13.9 Å². The summed E-state index contributed by atoms with van der Waals surface area (Å²) in [5.41, 5.74) is -0.00297. The molecule has 2 heterocycles. The minimum Gasteiger partial charge on any atom is -0.325 e. The van der Waals surface area contributed by atoms with Gasteiger partial charge in [-0.1, -0.05) is 18.5 Å². The molecule has 11 heteroatoms. The molecule has 1 aromatic carbocycles. The smallest absolute Gasteiger partial charge is 0.262 e. The number of hydrogen-bond acceptors (Lipinski definition) is 6. The van der Waals surface area contributed by atoms with Crippen molar-refractivity contribution in [3.63, 3.8) is 0 Å². The first-order chi connectivity index (χ1) is 14.1. The lowest BCUT2D eigenvalue weighted by atomic mass is 10.3. The van der Waals surface area contributed by atoms with Crippen LogP contribution >= 0.6 is 22.9 Å². The second-order valence-corrected chi connectivity index (χ2v) is 10.4. The minimum absolute atomic E-state index is 0.00114. The van der Waals surface area contributed by atoms with E-state index in [-0.39, 0.29) is 34.1 Å². The fourth-order valence-corrected chi connectivity index (χ4v) is 4.77. The van der Waals surface area contributed by atoms with Gasteiger partial charge in [0.05, 0.1) is 27.3 Å². The van der Waals surface area contributed by atoms with Gasteiger partial charge in [-0.05, 0) is 30.7 Å². The van der Waals surface area contributed by atoms with Crippen LogP contribution in [0.4, 0.5) is 5.69 Å². The molecule has 0 unspecified atom stereocenters. The van der Waals surface area contributed by atoms with Gasteiger partial charge in [-0.3, -0.25) is 14.2 Å². The molecule has 0 aliphatic rings. The van der Waals surface area contributed by atoms with Gasteiger partial charge < -0.3 is 5.32 Å². The summed E-state index contributed by atoms with van der Waals surface area (Å²) in [6, 6.07) is 5.94. The predicted octanol–water partition coefficient (Wildman–Crippen LogP) is 2.95. The Bertz CT molecular complexity index is 1270. The van der Waals surface area contributed by atoms with Crippen molar-refractivity contribution >= 4 is 54.8 Å². The van der Waals surface area contributed by atoms with E-state index in [2.05, 4.69) is 10.3 Å². The van der Waals surface area contributed by atoms with Gasteiger partial charge in [-0.2, -0.15) is 0 Å². The highest BCUT2D eigenvalue weighted by atomic mass is 35.5. The number of benzene rings is 1. The molecule has 0 spiro atoms. The van der Waals surface area contributed by atoms with E-state index >= 15 is 0 Å². The molecule has 0 radical (unpaired) electrons. The first-order valence-electron chi connectivity index (χ1n) is 9.13. The quantitative estimate of drug-likeness (QED) is 0.574. The maximum atomic E-state index is 12.6. The monoisotopic (exact) mass is 468 g/mol. The number of aromatic nitrogens is 2. The second-order valence-electron chi connectivity index (χ2n) is 6.76. The van der Waals surface area contributed by atoms with E-state index < -0.39 is 15.9 Å². The minimum atomic E-state index is -3.66. The lowest BCUT2D eigenvalue weighted by molar-refractivity contribution is -0.116. The SMILES string of the molecule is CCc1cc2c(=O)n(CCC(=O)Nc3cc(S(=O)(=O)N(C)C)ccc3Cl)cnc2s1. The van der Waals surface area contributed by atoms with Crippen LogP contribution in [0.1, 0.15) is 18.2 Å². The number of nitrogens with one attached hydrogen (secondary N) is 1. The Morgan fingerprint density at radius 3 is 2.70 bits per heavy atom. The zero-order chi connectivity index (χ0) is 22.1. The maximum Gasteiger partial charge on any atom is 0.262 e. The molecule has 1 N–H and O–H groups in total. The van der Waals surface area contributed by atoms with Crippen LogP contribution in [0.25, 0.3) is 10.2 Å². The molecule has 3 rings (SSSR count). The number of nitrogens with zero attached hydrogens (tertiary/aromatic N) is 3. The number of fused-ring (bicyclic) bond motifs is 1. The van der Waals surface area contributed by atoms with Crippen LogP contribution in [0.15, 0.2) is 40.3 Å². The third-order valence-electron chi connectivity index (χ3n) is 4.49. The fraction of sp³-hybridized carbons (Fsp3) is 0.316. The normalized spacial score (nSPS) is 11.9. The van der Waals surface area contributed by atoms with Gasteiger partial charge in [0.2, 0.25) is 15.9 Å². The summed E-state index contributed by atoms with van der Waals surface area (Å²) < 4.78 is 27.0. The Labute approximate surface area is 183 Å². The van der Waals surface area contributed by atoms with E-state index in [9.17, 15) is 18.0 Å². The Morgan fingerprint density at radius 2 is 2.03 bits per heavy atom. The molecule has 0 saturated heterocycles. The molecule has 0 atom stereocenters. The third-order valence-corrected chi connectivity index (χ3v) is 7.82. The number of amides is 1. The lowest BCUT2D eigenvalue weighted by Gasteiger charge is -2.14. The van der Waals surface area contributed by atoms with E-state index in [0.717, 1.165) is 15.6 Å². The summed E-state index contributed by atoms with van der Waals surface area (Å²) in [5.74, 6) is -0.400. The number of hydrogen-bond donors (Lipinski definition) is 1. The summed E-state index contributed by atoms with van der Waals surface area (Å²) in [6.07, 6.45) is 2.26. The van der Waals surface area contributed by atoms with Crippen molar-refractivity contribution in [2.75, 3.05) is 19.4 Å². The van der Waals surface area contributed by atoms with Crippen LogP contribution in [0.3, 0.4) is 0 Å². The Balaban J connectivity index is 1.74. The van der Waals surface area contributed by atoms with Crippen molar-refractivity contribution in [3.8, 4) is 0 Å². The fourth-order valence-electron chi connectivity index (χ4n) is 2.75. The molecule has 2 aromatic heterocycles. The summed E-state index contributed by atoms with van der Waals surface area (Å²) in [5, 5.41) is 3.37. The lowest BCUT2D eigenvalue weighted by Crippen LogP contribution is -2.24. The number of carbonyl (C=O) groups is 1. The molecule has 0 bridgehead atoms. The number of sulfonamides is 1. The van der Waals surface area contributed by atoms with E-state index in [1.54, 1.807) is 0 Å². The molecule has 0 fully saturated rings. The number of halogens is 1. The molecule has 0 aliphatic heterocycles. The third kappa shape index (κ3) is 4.56. The van der Waals surface area contributed by atoms with Gasteiger partial charge in [-0.15, -0.1) is 11.3 Å². The molecule has 160 valence electrons. The van der Waals surface area contributed by atoms with E-state index in [1.807, 2.05) is 13.0 Å². The molecule has 0 saturated carbocycles. The highest BCUT2D eigenvalue weighted by molar-refractivity contribution is 7.89. The highest BCUT2D eigenvalue weighted by Crippen LogP contribution is 2.26. The number of thiophene rings is 1. The van der Waals surface area contributed by atoms with Crippen molar-refractivity contribution in [3.05, 3.63) is 50.8 Å². The van der Waals surface area contributed by atoms with E-state index in [4.69, 9.17) is 11.6 Å². The predicted molar refractivity (Wildman–Crippen MR) is 119 cm³/mol. The van der Waals surface area contributed by atoms with Gasteiger partial charge in [0, 0.05) is 31.9 Å². The molecule has 1 amide bonds. The van der Waals surface area contributed by atoms with Crippen molar-refractivity contribution < 1.29 is 13.2 Å². The molecular weight excluding hydrogens is 448 g/mol. The van der Waals surface area contributed by atoms with E-state index in [0.29, 0.717) is 10.2 Å². The average molecular weight is 469 g/mol. The number of rotatable bonds is 7. The second kappa shape index (κ2) is 8.84. The van der Waals surface area contributed by atoms with Gasteiger partial charge in [0.15, 0.2) is 0 Å². The van der Waals surface area contributed by atoms with Gasteiger partial charge in [-0.25, -0.2) is 17.7 Å². The maximum absolute atomic E-state index is 12.6. The zero-order valence-corrected chi connectivity index (χ0v) is 19.1. The number of aryl methyl sites for hydroxylation is 2. The largest absolute Gasteiger partial charge is 0.325 e. The van der Waals surface area contributed by atoms with Crippen LogP contribution in [0.5, 0.6) is 0 Å². The first kappa shape index (κ1) is 22.4. The Morgan fingerprint density at radius 1 is 1.30 bits per heavy atom. The number of carbonyl (C=O) groups excluding carboxylic acids is 1. The van der Waals surface area contributed by atoms with E-state index in [1.165, 1.54) is 54.5 Å². The summed E-state index contributed by atoms with van der Waals surface area (Å²) in [4.78, 5) is 31.1. The Kier molecular flexibility index (Phi) is 6.61. The van der Waals surface area contributed by atoms with Crippen LogP contribution in [0.2, 0.25) is 5.02 Å². The molecule has 8 nitrogen and oxygen atoms in total. The van der Waals surface area contributed by atoms with Crippen molar-refractivity contribution in [1.29, 1.82) is 0 Å². The number of anilines is 1. The standard InChI is InChI=1S/C19H21ClN4O4S2/c1-4-12-9-14-18(29-12)21-11-24(19(14)26)8-7-17(25)22-16-10-13(5-6-15(16)20)30(27,28)23(2)3/h5-6,9-11H,4,7-8H2,1-3H3,(H,22,25). The van der Waals surface area contributed by atoms with Crippen LogP contribution in [-0.4, -0.2) is 42.3 Å². The van der Waals surface area contributed by atoms with Crippen molar-refractivity contribution in [2.24, 2.45) is 0 Å². The van der Waals surface area contributed by atoms with Gasteiger partial charge in [0.25, 0.3) is 5.56 Å². The molecule has 3 aromatic rings. The highest BCUT2D eigenvalue weighted by Gasteiger charge is 2.19. The van der Waals surface area contributed by atoms with Crippen LogP contribution in [0, 0.1) is 0 Å². The van der Waals surface area contributed by atoms with Crippen LogP contribution < -0.4 is 10.9 Å². The summed E-state index contributed by atoms with van der Waals surface area (Å²) in [6.45, 7) is 2.15. The summed E-state index contributed by atoms with van der Waals surface area (Å²) in [7, 11) is -0.826. The van der Waals surface area contributed by atoms with Gasteiger partial charge >= 0.3 is 0 Å². The molecular formula is C19H21ClN4O4S2. The zero-order valence-electron chi connectivity index (χ0n) is 16.7. The summed E-state index contributed by atoms with van der Waals surface area (Å²) >= 11 is 7.59. The Hall–Kier alpha value is -2.27. The first-order valence-corrected chi connectivity index (χ1v) is 11.8. The van der Waals surface area contributed by atoms with Crippen LogP contribution in [-0.2, 0) is 27.8 Å².